The summed E-state index contributed by atoms with van der Waals surface area (Å²) in [6.45, 7) is 4.64. The highest BCUT2D eigenvalue weighted by Gasteiger charge is 2.31. The number of rotatable bonds is 15. The van der Waals surface area contributed by atoms with Crippen LogP contribution in [0, 0.1) is 10.1 Å². The van der Waals surface area contributed by atoms with Crippen molar-refractivity contribution in [1.82, 2.24) is 0 Å². The standard InChI is InChI=1S/C25H30ClNO11/c1-6-7-8-15-21(18(28)11-19(29)22(15)26)25(30)38-14(2)9-16-23(37-13-34-4)17(27(31)32)10-20(24(16)35-5)36-12-33-3/h6,10-11,14,28-29H,1,7-9,12-13H2,2-5H3. The molecular weight excluding hydrogens is 526 g/mol. The van der Waals surface area contributed by atoms with Crippen LogP contribution in [0.2, 0.25) is 5.02 Å². The molecule has 0 aliphatic carbocycles. The normalized spacial score (nSPS) is 11.5. The number of phenolic OH excluding ortho intramolecular Hbond substituents is 2. The molecule has 208 valence electrons. The number of halogens is 1. The van der Waals surface area contributed by atoms with Crippen molar-refractivity contribution in [3.05, 3.63) is 56.6 Å². The average Bonchev–Trinajstić information content (AvgIpc) is 2.87. The maximum absolute atomic E-state index is 13.1. The Bertz CT molecular complexity index is 1170. The van der Waals surface area contributed by atoms with E-state index in [4.69, 9.17) is 40.0 Å². The fraction of sp³-hybridized carbons (Fsp3) is 0.400. The van der Waals surface area contributed by atoms with E-state index < -0.39 is 34.2 Å². The van der Waals surface area contributed by atoms with E-state index in [1.165, 1.54) is 28.3 Å². The van der Waals surface area contributed by atoms with E-state index in [-0.39, 0.29) is 65.4 Å². The number of nitrogens with zero attached hydrogens (tertiary/aromatic N) is 1. The molecule has 0 aromatic heterocycles. The summed E-state index contributed by atoms with van der Waals surface area (Å²) in [4.78, 5) is 24.3. The SMILES string of the molecule is C=CCCc1c(Cl)c(O)cc(O)c1C(=O)OC(C)Cc1c(OC)c(OCOC)cc([N+](=O)[O-])c1OCOC. The number of nitro benzene ring substituents is 1. The minimum absolute atomic E-state index is 0.00835. The van der Waals surface area contributed by atoms with Gasteiger partial charge in [-0.15, -0.1) is 6.58 Å². The fourth-order valence-electron chi connectivity index (χ4n) is 3.68. The molecule has 12 nitrogen and oxygen atoms in total. The minimum Gasteiger partial charge on any atom is -0.507 e. The first-order valence-electron chi connectivity index (χ1n) is 11.3. The molecule has 0 heterocycles. The number of hydrogen-bond acceptors (Lipinski definition) is 11. The molecule has 1 unspecified atom stereocenters. The van der Waals surface area contributed by atoms with E-state index in [2.05, 4.69) is 6.58 Å². The number of benzene rings is 2. The van der Waals surface area contributed by atoms with Gasteiger partial charge in [-0.2, -0.15) is 0 Å². The van der Waals surface area contributed by atoms with Gasteiger partial charge in [0.25, 0.3) is 0 Å². The van der Waals surface area contributed by atoms with Crippen molar-refractivity contribution in [2.75, 3.05) is 34.9 Å². The average molecular weight is 556 g/mol. The Kier molecular flexibility index (Phi) is 11.4. The summed E-state index contributed by atoms with van der Waals surface area (Å²) in [7, 11) is 4.07. The molecule has 2 rings (SSSR count). The van der Waals surface area contributed by atoms with E-state index in [1.807, 2.05) is 0 Å². The lowest BCUT2D eigenvalue weighted by molar-refractivity contribution is -0.386. The molecule has 0 saturated heterocycles. The van der Waals surface area contributed by atoms with Crippen molar-refractivity contribution >= 4 is 23.3 Å². The van der Waals surface area contributed by atoms with Crippen LogP contribution in [0.4, 0.5) is 5.69 Å². The van der Waals surface area contributed by atoms with Gasteiger partial charge in [-0.1, -0.05) is 17.7 Å². The van der Waals surface area contributed by atoms with Gasteiger partial charge in [-0.05, 0) is 25.3 Å². The molecule has 2 aromatic rings. The van der Waals surface area contributed by atoms with Gasteiger partial charge in [0.1, 0.15) is 23.2 Å². The number of aromatic hydroxyl groups is 2. The van der Waals surface area contributed by atoms with Gasteiger partial charge in [-0.3, -0.25) is 10.1 Å². The third-order valence-corrected chi connectivity index (χ3v) is 5.67. The molecular formula is C25H30ClNO11. The molecule has 0 amide bonds. The van der Waals surface area contributed by atoms with Crippen LogP contribution in [-0.4, -0.2) is 62.1 Å². The lowest BCUT2D eigenvalue weighted by Gasteiger charge is -2.21. The number of nitro groups is 1. The lowest BCUT2D eigenvalue weighted by atomic mass is 10.0. The van der Waals surface area contributed by atoms with E-state index in [1.54, 1.807) is 6.08 Å². The summed E-state index contributed by atoms with van der Waals surface area (Å²) in [5.74, 6) is -1.88. The van der Waals surface area contributed by atoms with Crippen molar-refractivity contribution in [2.45, 2.75) is 32.3 Å². The maximum Gasteiger partial charge on any atom is 0.342 e. The zero-order valence-electron chi connectivity index (χ0n) is 21.4. The van der Waals surface area contributed by atoms with Gasteiger partial charge in [0.05, 0.1) is 28.7 Å². The van der Waals surface area contributed by atoms with Crippen molar-refractivity contribution in [2.24, 2.45) is 0 Å². The quantitative estimate of drug-likeness (QED) is 0.104. The lowest BCUT2D eigenvalue weighted by Crippen LogP contribution is -2.20. The van der Waals surface area contributed by atoms with Gasteiger partial charge in [0, 0.05) is 26.7 Å². The number of methoxy groups -OCH3 is 3. The Labute approximate surface area is 224 Å². The van der Waals surface area contributed by atoms with Crippen LogP contribution >= 0.6 is 11.6 Å². The topological polar surface area (TPSA) is 156 Å². The van der Waals surface area contributed by atoms with E-state index in [0.717, 1.165) is 12.1 Å². The van der Waals surface area contributed by atoms with E-state index >= 15 is 0 Å². The number of carbonyl (C=O) groups excluding carboxylic acids is 1. The first-order valence-corrected chi connectivity index (χ1v) is 11.7. The Morgan fingerprint density at radius 1 is 1.11 bits per heavy atom. The molecule has 13 heteroatoms. The number of esters is 1. The van der Waals surface area contributed by atoms with Gasteiger partial charge in [0.15, 0.2) is 25.1 Å². The van der Waals surface area contributed by atoms with Crippen molar-refractivity contribution in [3.63, 3.8) is 0 Å². The molecule has 0 aliphatic heterocycles. The van der Waals surface area contributed by atoms with Crippen LogP contribution in [0.5, 0.6) is 28.7 Å². The predicted molar refractivity (Wildman–Crippen MR) is 137 cm³/mol. The van der Waals surface area contributed by atoms with Gasteiger partial charge in [0.2, 0.25) is 5.75 Å². The summed E-state index contributed by atoms with van der Waals surface area (Å²) >= 11 is 6.20. The second-order valence-electron chi connectivity index (χ2n) is 7.92. The number of carbonyl (C=O) groups is 1. The first-order chi connectivity index (χ1) is 18.1. The third kappa shape index (κ3) is 7.18. The molecule has 0 saturated carbocycles. The molecule has 0 aliphatic rings. The number of ether oxygens (including phenoxy) is 6. The monoisotopic (exact) mass is 555 g/mol. The zero-order valence-corrected chi connectivity index (χ0v) is 22.2. The van der Waals surface area contributed by atoms with E-state index in [9.17, 15) is 25.1 Å². The highest BCUT2D eigenvalue weighted by Crippen LogP contribution is 2.45. The minimum atomic E-state index is -0.921. The van der Waals surface area contributed by atoms with Crippen LogP contribution in [-0.2, 0) is 27.1 Å². The molecule has 0 radical (unpaired) electrons. The van der Waals surface area contributed by atoms with Crippen molar-refractivity contribution in [3.8, 4) is 28.7 Å². The summed E-state index contributed by atoms with van der Waals surface area (Å²) in [5, 5.41) is 32.1. The molecule has 0 spiro atoms. The highest BCUT2D eigenvalue weighted by molar-refractivity contribution is 6.33. The van der Waals surface area contributed by atoms with Crippen LogP contribution in [0.1, 0.15) is 34.8 Å². The Morgan fingerprint density at radius 3 is 2.34 bits per heavy atom. The second-order valence-corrected chi connectivity index (χ2v) is 8.30. The Morgan fingerprint density at radius 2 is 1.76 bits per heavy atom. The maximum atomic E-state index is 13.1. The smallest absolute Gasteiger partial charge is 0.342 e. The molecule has 0 bridgehead atoms. The fourth-order valence-corrected chi connectivity index (χ4v) is 3.92. The van der Waals surface area contributed by atoms with Crippen molar-refractivity contribution < 1.29 is 48.4 Å². The highest BCUT2D eigenvalue weighted by atomic mass is 35.5. The summed E-state index contributed by atoms with van der Waals surface area (Å²) < 4.78 is 31.9. The summed E-state index contributed by atoms with van der Waals surface area (Å²) in [5.41, 5.74) is -0.289. The number of phenols is 2. The number of hydrogen-bond donors (Lipinski definition) is 2. The van der Waals surface area contributed by atoms with Gasteiger partial charge < -0.3 is 38.6 Å². The second kappa shape index (κ2) is 14.3. The number of allylic oxidation sites excluding steroid dienone is 1. The van der Waals surface area contributed by atoms with Crippen LogP contribution in [0.15, 0.2) is 24.8 Å². The Balaban J connectivity index is 2.52. The van der Waals surface area contributed by atoms with E-state index in [0.29, 0.717) is 6.42 Å². The van der Waals surface area contributed by atoms with Crippen LogP contribution in [0.25, 0.3) is 0 Å². The van der Waals surface area contributed by atoms with Crippen LogP contribution in [0.3, 0.4) is 0 Å². The molecule has 38 heavy (non-hydrogen) atoms. The summed E-state index contributed by atoms with van der Waals surface area (Å²) in [6, 6.07) is 2.08. The largest absolute Gasteiger partial charge is 0.507 e. The molecule has 2 aromatic carbocycles. The van der Waals surface area contributed by atoms with Gasteiger partial charge in [-0.25, -0.2) is 4.79 Å². The third-order valence-electron chi connectivity index (χ3n) is 5.25. The van der Waals surface area contributed by atoms with Crippen molar-refractivity contribution in [1.29, 1.82) is 0 Å². The molecule has 0 fully saturated rings. The predicted octanol–water partition coefficient (Wildman–Crippen LogP) is 4.54. The molecule has 1 atom stereocenters. The van der Waals surface area contributed by atoms with Gasteiger partial charge >= 0.3 is 11.7 Å². The van der Waals surface area contributed by atoms with Crippen LogP contribution < -0.4 is 14.2 Å². The Hall–Kier alpha value is -3.74. The molecule has 2 N–H and O–H groups in total. The first kappa shape index (κ1) is 30.5. The zero-order chi connectivity index (χ0) is 28.4. The summed E-state index contributed by atoms with van der Waals surface area (Å²) in [6.07, 6.45) is 1.17.